The van der Waals surface area contributed by atoms with Crippen LogP contribution in [0.4, 0.5) is 0 Å². The van der Waals surface area contributed by atoms with Gasteiger partial charge in [-0.05, 0) is 27.7 Å². The fourth-order valence-electron chi connectivity index (χ4n) is 1.18. The van der Waals surface area contributed by atoms with E-state index >= 15 is 0 Å². The van der Waals surface area contributed by atoms with Crippen molar-refractivity contribution < 1.29 is 19.1 Å². The van der Waals surface area contributed by atoms with Crippen LogP contribution >= 0.6 is 0 Å². The van der Waals surface area contributed by atoms with Crippen LogP contribution in [-0.4, -0.2) is 35.3 Å². The molecule has 18 heavy (non-hydrogen) atoms. The molecule has 0 radical (unpaired) electrons. The van der Waals surface area contributed by atoms with Gasteiger partial charge in [0.25, 0.3) is 11.8 Å². The number of hydrogen-bond donors (Lipinski definition) is 0. The van der Waals surface area contributed by atoms with Crippen molar-refractivity contribution >= 4 is 17.8 Å². The smallest absolute Gasteiger partial charge is 0.333 e. The van der Waals surface area contributed by atoms with Crippen LogP contribution in [0.15, 0.2) is 24.3 Å². The number of carbonyl (C=O) groups excluding carboxylic acids is 3. The maximum atomic E-state index is 10.8. The number of carbonyl (C=O) groups is 3. The second kappa shape index (κ2) is 7.42. The van der Waals surface area contributed by atoms with Gasteiger partial charge >= 0.3 is 5.97 Å². The summed E-state index contributed by atoms with van der Waals surface area (Å²) in [5, 5.41) is 0. The maximum absolute atomic E-state index is 10.8. The molecule has 0 unspecified atom stereocenters. The fourth-order valence-corrected chi connectivity index (χ4v) is 1.18. The highest BCUT2D eigenvalue weighted by Crippen LogP contribution is 2.07. The summed E-state index contributed by atoms with van der Waals surface area (Å²) in [6.45, 7) is 10.8. The van der Waals surface area contributed by atoms with E-state index < -0.39 is 0 Å². The van der Waals surface area contributed by atoms with Crippen LogP contribution in [0.25, 0.3) is 0 Å². The largest absolute Gasteiger partial charge is 0.463 e. The molecule has 0 spiro atoms. The lowest BCUT2D eigenvalue weighted by atomic mass is 10.3. The summed E-state index contributed by atoms with van der Waals surface area (Å²) in [6.07, 6.45) is 2.59. The third-order valence-corrected chi connectivity index (χ3v) is 1.98. The number of esters is 1. The molecule has 0 aromatic rings. The molecule has 0 atom stereocenters. The summed E-state index contributed by atoms with van der Waals surface area (Å²) >= 11 is 0. The Bertz CT molecular complexity index is 364. The molecule has 5 nitrogen and oxygen atoms in total. The van der Waals surface area contributed by atoms with E-state index in [1.54, 1.807) is 13.8 Å². The zero-order valence-electron chi connectivity index (χ0n) is 11.2. The third kappa shape index (κ3) is 4.95. The van der Waals surface area contributed by atoms with Crippen LogP contribution in [0, 0.1) is 0 Å². The highest BCUT2D eigenvalue weighted by atomic mass is 16.5. The van der Waals surface area contributed by atoms with Gasteiger partial charge in [-0.2, -0.15) is 0 Å². The molecule has 2 amide bonds. The Hall–Kier alpha value is -1.91. The molecule has 0 saturated carbocycles. The second-order valence-electron chi connectivity index (χ2n) is 3.97. The molecule has 1 aliphatic heterocycles. The number of hydrogen-bond acceptors (Lipinski definition) is 4. The van der Waals surface area contributed by atoms with Crippen molar-refractivity contribution in [3.8, 4) is 0 Å². The molecule has 1 aliphatic rings. The molecule has 100 valence electrons. The van der Waals surface area contributed by atoms with Crippen molar-refractivity contribution in [2.75, 3.05) is 6.61 Å². The minimum Gasteiger partial charge on any atom is -0.463 e. The average Bonchev–Trinajstić information content (AvgIpc) is 2.59. The minimum absolute atomic E-state index is 0.0324. The molecule has 5 heteroatoms. The lowest BCUT2D eigenvalue weighted by molar-refractivity contribution is -0.139. The van der Waals surface area contributed by atoms with Crippen LogP contribution < -0.4 is 0 Å². The van der Waals surface area contributed by atoms with Crippen molar-refractivity contribution in [1.29, 1.82) is 0 Å². The van der Waals surface area contributed by atoms with Crippen molar-refractivity contribution in [1.82, 2.24) is 4.90 Å². The Kier molecular flexibility index (Phi) is 6.63. The Morgan fingerprint density at radius 2 is 1.78 bits per heavy atom. The molecular weight excluding hydrogens is 234 g/mol. The van der Waals surface area contributed by atoms with E-state index in [1.165, 1.54) is 17.1 Å². The molecule has 0 bridgehead atoms. The van der Waals surface area contributed by atoms with Gasteiger partial charge in [-0.1, -0.05) is 6.58 Å². The summed E-state index contributed by atoms with van der Waals surface area (Å²) in [5.41, 5.74) is 0.451. The van der Waals surface area contributed by atoms with Gasteiger partial charge in [0.1, 0.15) is 0 Å². The maximum Gasteiger partial charge on any atom is 0.333 e. The standard InChI is InChI=1S/C7H9NO2.C6H10O2/c1-5(2)8-6(9)3-4-7(8)10;1-4-8-6(7)5(2)3/h3-5H,1-2H3;2,4H2,1,3H3. The predicted octanol–water partition coefficient (Wildman–Crippen LogP) is 1.45. The third-order valence-electron chi connectivity index (χ3n) is 1.98. The quantitative estimate of drug-likeness (QED) is 0.434. The molecule has 1 heterocycles. The van der Waals surface area contributed by atoms with Crippen LogP contribution in [0.3, 0.4) is 0 Å². The topological polar surface area (TPSA) is 63.7 Å². The zero-order valence-corrected chi connectivity index (χ0v) is 11.2. The molecule has 0 aromatic carbocycles. The van der Waals surface area contributed by atoms with E-state index in [4.69, 9.17) is 0 Å². The Labute approximate surface area is 107 Å². The van der Waals surface area contributed by atoms with Gasteiger partial charge in [0.15, 0.2) is 0 Å². The van der Waals surface area contributed by atoms with Gasteiger partial charge < -0.3 is 4.74 Å². The second-order valence-corrected chi connectivity index (χ2v) is 3.97. The molecule has 0 saturated heterocycles. The SMILES string of the molecule is C=C(C)C(=O)OCC.CC(C)N1C(=O)C=CC1=O. The van der Waals surface area contributed by atoms with E-state index in [-0.39, 0.29) is 23.8 Å². The van der Waals surface area contributed by atoms with Crippen LogP contribution in [-0.2, 0) is 19.1 Å². The Morgan fingerprint density at radius 1 is 1.33 bits per heavy atom. The van der Waals surface area contributed by atoms with E-state index in [0.29, 0.717) is 12.2 Å². The summed E-state index contributed by atoms with van der Waals surface area (Å²) < 4.78 is 4.56. The number of nitrogens with zero attached hydrogens (tertiary/aromatic N) is 1. The van der Waals surface area contributed by atoms with Gasteiger partial charge in [-0.25, -0.2) is 4.79 Å². The van der Waals surface area contributed by atoms with E-state index in [9.17, 15) is 14.4 Å². The van der Waals surface area contributed by atoms with E-state index in [2.05, 4.69) is 11.3 Å². The van der Waals surface area contributed by atoms with Gasteiger partial charge in [0.2, 0.25) is 0 Å². The number of ether oxygens (including phenoxy) is 1. The van der Waals surface area contributed by atoms with Crippen LogP contribution in [0.5, 0.6) is 0 Å². The molecule has 0 N–H and O–H groups in total. The summed E-state index contributed by atoms with van der Waals surface area (Å²) in [5.74, 6) is -0.729. The molecule has 0 aromatic heterocycles. The Balaban J connectivity index is 0.000000331. The molecule has 0 aliphatic carbocycles. The van der Waals surface area contributed by atoms with E-state index in [1.807, 2.05) is 13.8 Å². The minimum atomic E-state index is -0.312. The van der Waals surface area contributed by atoms with Gasteiger partial charge in [0.05, 0.1) is 6.61 Å². The highest BCUT2D eigenvalue weighted by molar-refractivity contribution is 6.13. The lowest BCUT2D eigenvalue weighted by Gasteiger charge is -2.17. The normalized spacial score (nSPS) is 13.5. The van der Waals surface area contributed by atoms with E-state index in [0.717, 1.165) is 0 Å². The van der Waals surface area contributed by atoms with Crippen LogP contribution in [0.2, 0.25) is 0 Å². The fraction of sp³-hybridized carbons (Fsp3) is 0.462. The van der Waals surface area contributed by atoms with Crippen molar-refractivity contribution in [3.05, 3.63) is 24.3 Å². The van der Waals surface area contributed by atoms with Gasteiger partial charge in [-0.15, -0.1) is 0 Å². The van der Waals surface area contributed by atoms with Gasteiger partial charge in [0, 0.05) is 23.8 Å². The first kappa shape index (κ1) is 16.1. The van der Waals surface area contributed by atoms with Crippen molar-refractivity contribution in [2.24, 2.45) is 0 Å². The van der Waals surface area contributed by atoms with Crippen LogP contribution in [0.1, 0.15) is 27.7 Å². The number of rotatable bonds is 3. The van der Waals surface area contributed by atoms with Crippen molar-refractivity contribution in [2.45, 2.75) is 33.7 Å². The van der Waals surface area contributed by atoms with Crippen molar-refractivity contribution in [3.63, 3.8) is 0 Å². The average molecular weight is 253 g/mol. The molecular formula is C13H19NO4. The summed E-state index contributed by atoms with van der Waals surface area (Å²) in [7, 11) is 0. The monoisotopic (exact) mass is 253 g/mol. The lowest BCUT2D eigenvalue weighted by Crippen LogP contribution is -2.36. The number of amides is 2. The summed E-state index contributed by atoms with van der Waals surface area (Å²) in [4.78, 5) is 33.3. The Morgan fingerprint density at radius 3 is 1.94 bits per heavy atom. The highest BCUT2D eigenvalue weighted by Gasteiger charge is 2.25. The first-order chi connectivity index (χ1) is 8.31. The van der Waals surface area contributed by atoms with Gasteiger partial charge in [-0.3, -0.25) is 14.5 Å². The molecule has 0 fully saturated rings. The number of imide groups is 1. The first-order valence-corrected chi connectivity index (χ1v) is 5.69. The zero-order chi connectivity index (χ0) is 14.3. The summed E-state index contributed by atoms with van der Waals surface area (Å²) in [6, 6.07) is -0.0324. The molecule has 1 rings (SSSR count). The first-order valence-electron chi connectivity index (χ1n) is 5.69. The predicted molar refractivity (Wildman–Crippen MR) is 67.6 cm³/mol.